The van der Waals surface area contributed by atoms with E-state index in [4.69, 9.17) is 0 Å². The van der Waals surface area contributed by atoms with Gasteiger partial charge >= 0.3 is 5.97 Å². The van der Waals surface area contributed by atoms with Crippen LogP contribution in [0.4, 0.5) is 0 Å². The largest absolute Gasteiger partial charge is 0.466 e. The Morgan fingerprint density at radius 1 is 1.38 bits per heavy atom. The van der Waals surface area contributed by atoms with Crippen LogP contribution in [0.5, 0.6) is 0 Å². The van der Waals surface area contributed by atoms with Crippen LogP contribution in [0.1, 0.15) is 34.1 Å². The van der Waals surface area contributed by atoms with Gasteiger partial charge in [0.25, 0.3) is 0 Å². The molecule has 0 heterocycles. The van der Waals surface area contributed by atoms with Gasteiger partial charge in [0.1, 0.15) is 12.2 Å². The van der Waals surface area contributed by atoms with E-state index in [-0.39, 0.29) is 12.2 Å². The van der Waals surface area contributed by atoms with Gasteiger partial charge < -0.3 is 4.74 Å². The average molecular weight is 300 g/mol. The van der Waals surface area contributed by atoms with Crippen molar-refractivity contribution >= 4 is 34.3 Å². The number of hydrogen-bond acceptors (Lipinski definition) is 3. The molecule has 0 aromatic carbocycles. The Kier molecular flexibility index (Phi) is 11.8. The van der Waals surface area contributed by atoms with Crippen LogP contribution in [0.2, 0.25) is 0 Å². The average Bonchev–Trinajstić information content (AvgIpc) is 1.83. The number of Topliss-reactive ketones (excluding diaryl/α,β-unsaturated/α-hetero) is 1. The van der Waals surface area contributed by atoms with E-state index < -0.39 is 5.97 Å². The molecule has 4 heteroatoms. The van der Waals surface area contributed by atoms with Gasteiger partial charge in [0.15, 0.2) is 0 Å². The number of carbonyl (C=O) groups is 2. The summed E-state index contributed by atoms with van der Waals surface area (Å²) in [6.45, 7) is 7.71. The molecule has 0 rings (SSSR count). The lowest BCUT2D eigenvalue weighted by atomic mass is 10.3. The highest BCUT2D eigenvalue weighted by atomic mass is 127. The Morgan fingerprint density at radius 3 is 2.00 bits per heavy atom. The molecule has 0 N–H and O–H groups in total. The minimum Gasteiger partial charge on any atom is -0.466 e. The van der Waals surface area contributed by atoms with Gasteiger partial charge in [0.05, 0.1) is 6.61 Å². The molecular weight excluding hydrogens is 283 g/mol. The Morgan fingerprint density at radius 2 is 1.77 bits per heavy atom. The van der Waals surface area contributed by atoms with E-state index in [2.05, 4.69) is 41.2 Å². The Hall–Kier alpha value is -0.130. The van der Waals surface area contributed by atoms with Crippen molar-refractivity contribution in [3.05, 3.63) is 0 Å². The lowest BCUT2D eigenvalue weighted by molar-refractivity contribution is -0.145. The Bertz CT molecular complexity index is 152. The Labute approximate surface area is 93.4 Å². The van der Waals surface area contributed by atoms with Crippen LogP contribution >= 0.6 is 22.6 Å². The summed E-state index contributed by atoms with van der Waals surface area (Å²) in [5.41, 5.74) is 0. The highest BCUT2D eigenvalue weighted by Crippen LogP contribution is 1.91. The van der Waals surface area contributed by atoms with Crippen LogP contribution in [-0.2, 0) is 14.3 Å². The van der Waals surface area contributed by atoms with Gasteiger partial charge in [0.2, 0.25) is 0 Å². The molecule has 13 heavy (non-hydrogen) atoms. The van der Waals surface area contributed by atoms with Gasteiger partial charge in [-0.25, -0.2) is 0 Å². The summed E-state index contributed by atoms with van der Waals surface area (Å²) in [4.78, 5) is 20.6. The molecule has 0 aliphatic heterocycles. The van der Waals surface area contributed by atoms with Gasteiger partial charge in [-0.15, -0.1) is 0 Å². The van der Waals surface area contributed by atoms with Gasteiger partial charge in [0, 0.05) is 3.92 Å². The zero-order chi connectivity index (χ0) is 10.9. The lowest BCUT2D eigenvalue weighted by Crippen LogP contribution is -2.07. The van der Waals surface area contributed by atoms with Crippen LogP contribution in [0.3, 0.4) is 0 Å². The zero-order valence-electron chi connectivity index (χ0n) is 8.59. The van der Waals surface area contributed by atoms with E-state index in [0.717, 1.165) is 3.92 Å². The third-order valence-corrected chi connectivity index (χ3v) is 0.699. The summed E-state index contributed by atoms with van der Waals surface area (Å²) >= 11 is 2.34. The van der Waals surface area contributed by atoms with Crippen LogP contribution in [0.25, 0.3) is 0 Å². The van der Waals surface area contributed by atoms with Crippen molar-refractivity contribution in [3.63, 3.8) is 0 Å². The number of rotatable bonds is 3. The third kappa shape index (κ3) is 24.5. The fraction of sp³-hybridized carbons (Fsp3) is 0.778. The molecule has 0 aliphatic rings. The van der Waals surface area contributed by atoms with Crippen molar-refractivity contribution in [1.82, 2.24) is 0 Å². The molecule has 78 valence electrons. The second-order valence-corrected chi connectivity index (χ2v) is 5.19. The summed E-state index contributed by atoms with van der Waals surface area (Å²) in [6.07, 6.45) is -0.103. The molecule has 3 nitrogen and oxygen atoms in total. The van der Waals surface area contributed by atoms with Crippen molar-refractivity contribution in [2.24, 2.45) is 0 Å². The number of carbonyl (C=O) groups excluding carboxylic acids is 2. The molecule has 0 atom stereocenters. The first-order valence-corrected chi connectivity index (χ1v) is 5.43. The van der Waals surface area contributed by atoms with Gasteiger partial charge in [-0.3, -0.25) is 9.59 Å². The van der Waals surface area contributed by atoms with E-state index in [0.29, 0.717) is 6.61 Å². The van der Waals surface area contributed by atoms with E-state index in [9.17, 15) is 9.59 Å². The molecule has 0 saturated heterocycles. The van der Waals surface area contributed by atoms with Crippen LogP contribution in [0.15, 0.2) is 0 Å². The molecule has 0 amide bonds. The van der Waals surface area contributed by atoms with Gasteiger partial charge in [-0.1, -0.05) is 36.4 Å². The molecule has 0 spiro atoms. The van der Waals surface area contributed by atoms with Gasteiger partial charge in [-0.05, 0) is 13.8 Å². The first-order valence-electron chi connectivity index (χ1n) is 4.19. The van der Waals surface area contributed by atoms with E-state index in [1.165, 1.54) is 6.92 Å². The van der Waals surface area contributed by atoms with Gasteiger partial charge in [-0.2, -0.15) is 0 Å². The summed E-state index contributed by atoms with van der Waals surface area (Å²) in [5.74, 6) is -0.599. The maximum atomic E-state index is 10.4. The number of halogens is 1. The van der Waals surface area contributed by atoms with Crippen molar-refractivity contribution in [2.75, 3.05) is 6.61 Å². The monoisotopic (exact) mass is 300 g/mol. The van der Waals surface area contributed by atoms with E-state index in [1.807, 2.05) is 0 Å². The van der Waals surface area contributed by atoms with Crippen molar-refractivity contribution in [2.45, 2.75) is 38.0 Å². The first kappa shape index (κ1) is 15.3. The zero-order valence-corrected chi connectivity index (χ0v) is 10.8. The predicted octanol–water partition coefficient (Wildman–Crippen LogP) is 2.36. The highest BCUT2D eigenvalue weighted by molar-refractivity contribution is 14.1. The summed E-state index contributed by atoms with van der Waals surface area (Å²) in [6, 6.07) is 0. The third-order valence-electron chi connectivity index (χ3n) is 0.699. The molecular formula is C9H17IO3. The molecule has 0 saturated carbocycles. The minimum atomic E-state index is -0.440. The molecule has 0 fully saturated rings. The fourth-order valence-electron chi connectivity index (χ4n) is 0.415. The van der Waals surface area contributed by atoms with Crippen LogP contribution in [-0.4, -0.2) is 22.3 Å². The molecule has 0 unspecified atom stereocenters. The number of esters is 1. The Balaban J connectivity index is 0. The number of hydrogen-bond donors (Lipinski definition) is 0. The maximum absolute atomic E-state index is 10.4. The summed E-state index contributed by atoms with van der Waals surface area (Å²) in [7, 11) is 0. The topological polar surface area (TPSA) is 43.4 Å². The van der Waals surface area contributed by atoms with E-state index in [1.54, 1.807) is 6.92 Å². The number of alkyl halides is 1. The standard InChI is InChI=1S/C6H10O3.C3H7I/c1-3-9-6(8)4-5(2)7;1-3(2)4/h3-4H2,1-2H3;3H,1-2H3. The minimum absolute atomic E-state index is 0.103. The van der Waals surface area contributed by atoms with Crippen molar-refractivity contribution in [3.8, 4) is 0 Å². The smallest absolute Gasteiger partial charge is 0.313 e. The van der Waals surface area contributed by atoms with E-state index >= 15 is 0 Å². The first-order chi connectivity index (χ1) is 5.90. The molecule has 0 aliphatic carbocycles. The second kappa shape index (κ2) is 9.95. The summed E-state index contributed by atoms with van der Waals surface area (Å²) < 4.78 is 5.30. The fourth-order valence-corrected chi connectivity index (χ4v) is 0.415. The maximum Gasteiger partial charge on any atom is 0.313 e. The summed E-state index contributed by atoms with van der Waals surface area (Å²) in [5, 5.41) is 0. The van der Waals surface area contributed by atoms with Crippen LogP contribution in [0, 0.1) is 0 Å². The normalized spacial score (nSPS) is 8.77. The second-order valence-electron chi connectivity index (χ2n) is 2.70. The number of ketones is 1. The highest BCUT2D eigenvalue weighted by Gasteiger charge is 2.03. The molecule has 0 aromatic heterocycles. The van der Waals surface area contributed by atoms with Crippen LogP contribution < -0.4 is 0 Å². The molecule has 0 bridgehead atoms. The number of ether oxygens (including phenoxy) is 1. The molecule has 0 radical (unpaired) electrons. The lowest BCUT2D eigenvalue weighted by Gasteiger charge is -1.96. The van der Waals surface area contributed by atoms with Crippen molar-refractivity contribution < 1.29 is 14.3 Å². The predicted molar refractivity (Wildman–Crippen MR) is 61.1 cm³/mol. The SMILES string of the molecule is CC(C)I.CCOC(=O)CC(C)=O. The van der Waals surface area contributed by atoms with Crippen molar-refractivity contribution in [1.29, 1.82) is 0 Å². The molecule has 0 aromatic rings. The quantitative estimate of drug-likeness (QED) is 0.348.